The maximum Gasteiger partial charge on any atom is 0.251 e. The normalized spacial score (nSPS) is 10.8. The van der Waals surface area contributed by atoms with E-state index >= 15 is 0 Å². The van der Waals surface area contributed by atoms with E-state index in [1.165, 1.54) is 11.1 Å². The number of hydrogen-bond donors (Lipinski definition) is 2. The second-order valence-electron chi connectivity index (χ2n) is 5.50. The molecule has 0 bridgehead atoms. The van der Waals surface area contributed by atoms with Crippen molar-refractivity contribution in [2.45, 2.75) is 20.3 Å². The molecule has 0 aliphatic heterocycles. The van der Waals surface area contributed by atoms with Gasteiger partial charge in [-0.1, -0.05) is 0 Å². The molecule has 1 aromatic carbocycles. The molecule has 0 aliphatic rings. The number of carbonyl (C=O) groups is 1. The number of carbonyl (C=O) groups excluding carboxylic acids is 1. The fourth-order valence-corrected chi connectivity index (χ4v) is 2.57. The number of hydrogen-bond acceptors (Lipinski definition) is 2. The summed E-state index contributed by atoms with van der Waals surface area (Å²) in [6, 6.07) is 9.71. The quantitative estimate of drug-likeness (QED) is 0.776. The number of pyridine rings is 1. The summed E-state index contributed by atoms with van der Waals surface area (Å²) in [5.41, 5.74) is 5.28. The van der Waals surface area contributed by atoms with Crippen molar-refractivity contribution in [3.63, 3.8) is 0 Å². The van der Waals surface area contributed by atoms with Gasteiger partial charge in [0.2, 0.25) is 0 Å². The standard InChI is InChI=1S/C18H19N3O/c1-12-13(2)21-17-4-3-15(11-16(12)17)18(22)20-10-7-14-5-8-19-9-6-14/h3-6,8-9,11,21H,7,10H2,1-2H3,(H,20,22). The first kappa shape index (κ1) is 14.3. The molecule has 4 nitrogen and oxygen atoms in total. The number of fused-ring (bicyclic) bond motifs is 1. The van der Waals surface area contributed by atoms with E-state index in [0.29, 0.717) is 12.1 Å². The van der Waals surface area contributed by atoms with Crippen molar-refractivity contribution in [2.75, 3.05) is 6.54 Å². The van der Waals surface area contributed by atoms with Gasteiger partial charge >= 0.3 is 0 Å². The Balaban J connectivity index is 1.68. The maximum atomic E-state index is 12.3. The van der Waals surface area contributed by atoms with Gasteiger partial charge < -0.3 is 10.3 Å². The lowest BCUT2D eigenvalue weighted by Crippen LogP contribution is -2.25. The fourth-order valence-electron chi connectivity index (χ4n) is 2.57. The average molecular weight is 293 g/mol. The van der Waals surface area contributed by atoms with Gasteiger partial charge in [0.05, 0.1) is 0 Å². The SMILES string of the molecule is Cc1[nH]c2ccc(C(=O)NCCc3ccncc3)cc2c1C. The molecule has 3 rings (SSSR count). The average Bonchev–Trinajstić information content (AvgIpc) is 2.83. The molecule has 2 aromatic heterocycles. The molecule has 3 aromatic rings. The molecule has 0 unspecified atom stereocenters. The van der Waals surface area contributed by atoms with Crippen molar-refractivity contribution >= 4 is 16.8 Å². The van der Waals surface area contributed by atoms with Crippen molar-refractivity contribution < 1.29 is 4.79 Å². The number of nitrogens with one attached hydrogen (secondary N) is 2. The minimum absolute atomic E-state index is 0.0331. The molecular formula is C18H19N3O. The van der Waals surface area contributed by atoms with Crippen LogP contribution in [0.15, 0.2) is 42.7 Å². The highest BCUT2D eigenvalue weighted by atomic mass is 16.1. The molecule has 0 fully saturated rings. The van der Waals surface area contributed by atoms with Crippen molar-refractivity contribution in [1.29, 1.82) is 0 Å². The molecule has 0 atom stereocenters. The fraction of sp³-hybridized carbons (Fsp3) is 0.222. The van der Waals surface area contributed by atoms with Gasteiger partial charge in [-0.15, -0.1) is 0 Å². The smallest absolute Gasteiger partial charge is 0.251 e. The van der Waals surface area contributed by atoms with E-state index in [1.54, 1.807) is 12.4 Å². The Kier molecular flexibility index (Phi) is 3.92. The maximum absolute atomic E-state index is 12.3. The molecule has 2 N–H and O–H groups in total. The third-order valence-corrected chi connectivity index (χ3v) is 4.02. The molecule has 0 spiro atoms. The van der Waals surface area contributed by atoms with E-state index in [-0.39, 0.29) is 5.91 Å². The Morgan fingerprint density at radius 2 is 1.95 bits per heavy atom. The van der Waals surface area contributed by atoms with Crippen LogP contribution in [0.4, 0.5) is 0 Å². The minimum Gasteiger partial charge on any atom is -0.358 e. The molecule has 2 heterocycles. The van der Waals surface area contributed by atoms with E-state index in [4.69, 9.17) is 0 Å². The van der Waals surface area contributed by atoms with Gasteiger partial charge in [-0.05, 0) is 61.7 Å². The molecule has 0 saturated heterocycles. The molecule has 22 heavy (non-hydrogen) atoms. The van der Waals surface area contributed by atoms with E-state index in [0.717, 1.165) is 23.0 Å². The van der Waals surface area contributed by atoms with Gasteiger partial charge in [-0.25, -0.2) is 0 Å². The Hall–Kier alpha value is -2.62. The third kappa shape index (κ3) is 2.86. The topological polar surface area (TPSA) is 57.8 Å². The molecule has 1 amide bonds. The number of aryl methyl sites for hydroxylation is 2. The highest BCUT2D eigenvalue weighted by Crippen LogP contribution is 2.22. The van der Waals surface area contributed by atoms with Crippen LogP contribution in [0.5, 0.6) is 0 Å². The number of nitrogens with zero attached hydrogens (tertiary/aromatic N) is 1. The van der Waals surface area contributed by atoms with Crippen molar-refractivity contribution in [3.05, 3.63) is 65.1 Å². The van der Waals surface area contributed by atoms with Crippen LogP contribution in [0, 0.1) is 13.8 Å². The summed E-state index contributed by atoms with van der Waals surface area (Å²) in [6.45, 7) is 4.73. The Morgan fingerprint density at radius 3 is 2.73 bits per heavy atom. The second kappa shape index (κ2) is 6.02. The zero-order valence-electron chi connectivity index (χ0n) is 12.8. The first-order chi connectivity index (χ1) is 10.6. The Labute approximate surface area is 129 Å². The van der Waals surface area contributed by atoms with Crippen molar-refractivity contribution in [3.8, 4) is 0 Å². The lowest BCUT2D eigenvalue weighted by atomic mass is 10.1. The van der Waals surface area contributed by atoms with Gasteiger partial charge in [0.15, 0.2) is 0 Å². The van der Waals surface area contributed by atoms with Crippen LogP contribution >= 0.6 is 0 Å². The lowest BCUT2D eigenvalue weighted by Gasteiger charge is -2.06. The summed E-state index contributed by atoms with van der Waals surface area (Å²) in [4.78, 5) is 19.6. The van der Waals surface area contributed by atoms with Crippen LogP contribution in [-0.4, -0.2) is 22.4 Å². The van der Waals surface area contributed by atoms with Crippen LogP contribution in [-0.2, 0) is 6.42 Å². The van der Waals surface area contributed by atoms with Gasteiger partial charge in [0, 0.05) is 41.1 Å². The molecule has 4 heteroatoms. The number of aromatic nitrogens is 2. The Morgan fingerprint density at radius 1 is 1.18 bits per heavy atom. The molecule has 112 valence electrons. The summed E-state index contributed by atoms with van der Waals surface area (Å²) >= 11 is 0. The van der Waals surface area contributed by atoms with Crippen LogP contribution in [0.1, 0.15) is 27.2 Å². The zero-order valence-corrected chi connectivity index (χ0v) is 12.8. The monoisotopic (exact) mass is 293 g/mol. The summed E-state index contributed by atoms with van der Waals surface area (Å²) in [5.74, 6) is -0.0331. The lowest BCUT2D eigenvalue weighted by molar-refractivity contribution is 0.0954. The predicted molar refractivity (Wildman–Crippen MR) is 88.0 cm³/mol. The summed E-state index contributed by atoms with van der Waals surface area (Å²) < 4.78 is 0. The minimum atomic E-state index is -0.0331. The highest BCUT2D eigenvalue weighted by Gasteiger charge is 2.09. The van der Waals surface area contributed by atoms with Crippen molar-refractivity contribution in [2.24, 2.45) is 0 Å². The van der Waals surface area contributed by atoms with Gasteiger partial charge in [0.1, 0.15) is 0 Å². The molecular weight excluding hydrogens is 274 g/mol. The number of aromatic amines is 1. The molecule has 0 radical (unpaired) electrons. The van der Waals surface area contributed by atoms with Crippen LogP contribution in [0.2, 0.25) is 0 Å². The molecule has 0 aliphatic carbocycles. The zero-order chi connectivity index (χ0) is 15.5. The van der Waals surface area contributed by atoms with E-state index in [9.17, 15) is 4.79 Å². The van der Waals surface area contributed by atoms with E-state index in [1.807, 2.05) is 37.3 Å². The van der Waals surface area contributed by atoms with Gasteiger partial charge in [0.25, 0.3) is 5.91 Å². The number of benzene rings is 1. The van der Waals surface area contributed by atoms with Crippen LogP contribution in [0.25, 0.3) is 10.9 Å². The third-order valence-electron chi connectivity index (χ3n) is 4.02. The second-order valence-corrected chi connectivity index (χ2v) is 5.50. The summed E-state index contributed by atoms with van der Waals surface area (Å²) in [5, 5.41) is 4.08. The number of H-pyrrole nitrogens is 1. The van der Waals surface area contributed by atoms with E-state index < -0.39 is 0 Å². The number of amides is 1. The first-order valence-corrected chi connectivity index (χ1v) is 7.41. The summed E-state index contributed by atoms with van der Waals surface area (Å²) in [6.07, 6.45) is 4.34. The van der Waals surface area contributed by atoms with Gasteiger partial charge in [-0.2, -0.15) is 0 Å². The number of rotatable bonds is 4. The van der Waals surface area contributed by atoms with Crippen LogP contribution < -0.4 is 5.32 Å². The van der Waals surface area contributed by atoms with E-state index in [2.05, 4.69) is 22.2 Å². The van der Waals surface area contributed by atoms with Crippen molar-refractivity contribution in [1.82, 2.24) is 15.3 Å². The Bertz CT molecular complexity index is 806. The largest absolute Gasteiger partial charge is 0.358 e. The highest BCUT2D eigenvalue weighted by molar-refractivity contribution is 5.99. The van der Waals surface area contributed by atoms with Gasteiger partial charge in [-0.3, -0.25) is 9.78 Å². The first-order valence-electron chi connectivity index (χ1n) is 7.41. The van der Waals surface area contributed by atoms with Crippen LogP contribution in [0.3, 0.4) is 0 Å². The molecule has 0 saturated carbocycles. The predicted octanol–water partition coefficient (Wildman–Crippen LogP) is 3.15. The summed E-state index contributed by atoms with van der Waals surface area (Å²) in [7, 11) is 0.